The molecule has 1 aliphatic carbocycles. The van der Waals surface area contributed by atoms with E-state index in [1.807, 2.05) is 6.07 Å². The summed E-state index contributed by atoms with van der Waals surface area (Å²) in [6, 6.07) is 6.29. The van der Waals surface area contributed by atoms with Crippen LogP contribution >= 0.6 is 15.9 Å². The molecule has 1 saturated carbocycles. The van der Waals surface area contributed by atoms with Crippen molar-refractivity contribution >= 4 is 15.9 Å². The predicted molar refractivity (Wildman–Crippen MR) is 111 cm³/mol. The summed E-state index contributed by atoms with van der Waals surface area (Å²) < 4.78 is 6.58. The molecule has 4 heteroatoms. The minimum absolute atomic E-state index is 0.359. The molecular weight excluding hydrogens is 390 g/mol. The maximum absolute atomic E-state index is 9.44. The number of aliphatic hydroxyl groups excluding tert-OH is 1. The van der Waals surface area contributed by atoms with E-state index in [4.69, 9.17) is 4.74 Å². The van der Waals surface area contributed by atoms with Gasteiger partial charge in [0, 0.05) is 11.1 Å². The summed E-state index contributed by atoms with van der Waals surface area (Å²) in [6.07, 6.45) is 11.4. The van der Waals surface area contributed by atoms with Crippen LogP contribution in [0.5, 0.6) is 5.75 Å². The summed E-state index contributed by atoms with van der Waals surface area (Å²) in [7, 11) is 1.74. The maximum Gasteiger partial charge on any atom is 0.119 e. The van der Waals surface area contributed by atoms with Crippen LogP contribution in [-0.2, 0) is 6.42 Å². The molecule has 2 fully saturated rings. The average Bonchev–Trinajstić information content (AvgIpc) is 3.12. The van der Waals surface area contributed by atoms with Crippen molar-refractivity contribution in [2.75, 3.05) is 33.4 Å². The van der Waals surface area contributed by atoms with Gasteiger partial charge in [-0.3, -0.25) is 0 Å². The van der Waals surface area contributed by atoms with Crippen LogP contribution in [-0.4, -0.2) is 43.4 Å². The Bertz CT molecular complexity index is 563. The van der Waals surface area contributed by atoms with Crippen molar-refractivity contribution in [3.63, 3.8) is 0 Å². The van der Waals surface area contributed by atoms with Gasteiger partial charge in [-0.2, -0.15) is 0 Å². The molecule has 3 rings (SSSR count). The summed E-state index contributed by atoms with van der Waals surface area (Å²) in [5.41, 5.74) is 1.81. The van der Waals surface area contributed by atoms with Crippen molar-refractivity contribution in [3.05, 3.63) is 28.2 Å². The van der Waals surface area contributed by atoms with E-state index >= 15 is 0 Å². The van der Waals surface area contributed by atoms with E-state index in [0.717, 1.165) is 24.5 Å². The third-order valence-electron chi connectivity index (χ3n) is 6.73. The van der Waals surface area contributed by atoms with E-state index in [-0.39, 0.29) is 0 Å². The standard InChI is InChI=1S/C22H34BrNO2/c1-26-20-4-5-21(23)19(17-20)16-18-6-12-24(13-7-18)14-10-22(11-15-25)8-2-3-9-22/h4-5,17-18,25H,2-3,6-16H2,1H3. The van der Waals surface area contributed by atoms with E-state index in [9.17, 15) is 5.11 Å². The molecule has 2 aliphatic rings. The number of methoxy groups -OCH3 is 1. The first-order chi connectivity index (χ1) is 12.6. The summed E-state index contributed by atoms with van der Waals surface area (Å²) in [5.74, 6) is 1.72. The minimum Gasteiger partial charge on any atom is -0.497 e. The van der Waals surface area contributed by atoms with Crippen molar-refractivity contribution in [2.24, 2.45) is 11.3 Å². The third kappa shape index (κ3) is 5.24. The van der Waals surface area contributed by atoms with Gasteiger partial charge in [0.2, 0.25) is 0 Å². The Balaban J connectivity index is 1.45. The largest absolute Gasteiger partial charge is 0.497 e. The number of piperidine rings is 1. The number of likely N-dealkylation sites (tertiary alicyclic amines) is 1. The zero-order valence-electron chi connectivity index (χ0n) is 16.2. The highest BCUT2D eigenvalue weighted by atomic mass is 79.9. The fraction of sp³-hybridized carbons (Fsp3) is 0.727. The van der Waals surface area contributed by atoms with Crippen LogP contribution in [0.2, 0.25) is 0 Å². The van der Waals surface area contributed by atoms with E-state index in [2.05, 4.69) is 33.0 Å². The highest BCUT2D eigenvalue weighted by Gasteiger charge is 2.33. The molecule has 1 N–H and O–H groups in total. The van der Waals surface area contributed by atoms with Gasteiger partial charge in [0.05, 0.1) is 7.11 Å². The fourth-order valence-electron chi connectivity index (χ4n) is 4.94. The zero-order valence-corrected chi connectivity index (χ0v) is 17.8. The molecule has 0 amide bonds. The number of benzene rings is 1. The lowest BCUT2D eigenvalue weighted by Gasteiger charge is -2.36. The normalized spacial score (nSPS) is 21.2. The molecule has 1 heterocycles. The molecule has 1 saturated heterocycles. The Morgan fingerprint density at radius 2 is 1.92 bits per heavy atom. The van der Waals surface area contributed by atoms with Gasteiger partial charge in [-0.05, 0) is 99.7 Å². The Morgan fingerprint density at radius 3 is 2.58 bits per heavy atom. The first-order valence-electron chi connectivity index (χ1n) is 10.3. The number of hydrogen-bond donors (Lipinski definition) is 1. The SMILES string of the molecule is COc1ccc(Br)c(CC2CCN(CCC3(CCO)CCCC3)CC2)c1. The summed E-state index contributed by atoms with van der Waals surface area (Å²) in [6.45, 7) is 4.02. The van der Waals surface area contributed by atoms with Crippen molar-refractivity contribution in [1.29, 1.82) is 0 Å². The van der Waals surface area contributed by atoms with E-state index in [1.165, 1.54) is 74.6 Å². The quantitative estimate of drug-likeness (QED) is 0.634. The molecule has 26 heavy (non-hydrogen) atoms. The molecule has 0 spiro atoms. The van der Waals surface area contributed by atoms with Crippen LogP contribution in [0, 0.1) is 11.3 Å². The molecule has 1 aliphatic heterocycles. The summed E-state index contributed by atoms with van der Waals surface area (Å²) in [5, 5.41) is 9.44. The topological polar surface area (TPSA) is 32.7 Å². The van der Waals surface area contributed by atoms with Crippen LogP contribution in [0.4, 0.5) is 0 Å². The number of nitrogens with zero attached hydrogens (tertiary/aromatic N) is 1. The highest BCUT2D eigenvalue weighted by Crippen LogP contribution is 2.44. The number of halogens is 1. The van der Waals surface area contributed by atoms with Gasteiger partial charge in [0.15, 0.2) is 0 Å². The molecule has 0 radical (unpaired) electrons. The maximum atomic E-state index is 9.44. The van der Waals surface area contributed by atoms with Crippen molar-refractivity contribution < 1.29 is 9.84 Å². The minimum atomic E-state index is 0.359. The smallest absolute Gasteiger partial charge is 0.119 e. The molecule has 3 nitrogen and oxygen atoms in total. The second kappa shape index (κ2) is 9.57. The highest BCUT2D eigenvalue weighted by molar-refractivity contribution is 9.10. The van der Waals surface area contributed by atoms with Crippen molar-refractivity contribution in [2.45, 2.75) is 57.8 Å². The number of hydrogen-bond acceptors (Lipinski definition) is 3. The summed E-state index contributed by atoms with van der Waals surface area (Å²) in [4.78, 5) is 2.66. The lowest BCUT2D eigenvalue weighted by Crippen LogP contribution is -2.37. The lowest BCUT2D eigenvalue weighted by atomic mass is 9.79. The monoisotopic (exact) mass is 423 g/mol. The van der Waals surface area contributed by atoms with Crippen LogP contribution in [0.3, 0.4) is 0 Å². The van der Waals surface area contributed by atoms with E-state index in [1.54, 1.807) is 7.11 Å². The van der Waals surface area contributed by atoms with Gasteiger partial charge in [0.25, 0.3) is 0 Å². The molecule has 1 aromatic carbocycles. The fourth-order valence-corrected chi connectivity index (χ4v) is 5.35. The van der Waals surface area contributed by atoms with Gasteiger partial charge in [-0.25, -0.2) is 0 Å². The second-order valence-corrected chi connectivity index (χ2v) is 9.23. The Labute approximate surface area is 167 Å². The van der Waals surface area contributed by atoms with Gasteiger partial charge in [-0.15, -0.1) is 0 Å². The van der Waals surface area contributed by atoms with Crippen LogP contribution in [0.15, 0.2) is 22.7 Å². The first-order valence-corrected chi connectivity index (χ1v) is 11.1. The number of ether oxygens (including phenoxy) is 1. The Morgan fingerprint density at radius 1 is 1.19 bits per heavy atom. The molecule has 0 atom stereocenters. The number of rotatable bonds is 8. The van der Waals surface area contributed by atoms with Gasteiger partial charge in [0.1, 0.15) is 5.75 Å². The summed E-state index contributed by atoms with van der Waals surface area (Å²) >= 11 is 3.70. The van der Waals surface area contributed by atoms with Crippen LogP contribution in [0.25, 0.3) is 0 Å². The van der Waals surface area contributed by atoms with Crippen LogP contribution in [0.1, 0.15) is 56.9 Å². The van der Waals surface area contributed by atoms with Crippen molar-refractivity contribution in [1.82, 2.24) is 4.90 Å². The third-order valence-corrected chi connectivity index (χ3v) is 7.51. The predicted octanol–water partition coefficient (Wildman–Crippen LogP) is 5.05. The van der Waals surface area contributed by atoms with Crippen LogP contribution < -0.4 is 4.74 Å². The molecule has 0 unspecified atom stereocenters. The van der Waals surface area contributed by atoms with Gasteiger partial charge in [-0.1, -0.05) is 28.8 Å². The molecule has 0 bridgehead atoms. The molecular formula is C22H34BrNO2. The number of aliphatic hydroxyl groups is 1. The molecule has 1 aromatic rings. The van der Waals surface area contributed by atoms with E-state index < -0.39 is 0 Å². The Kier molecular flexibility index (Phi) is 7.42. The van der Waals surface area contributed by atoms with Gasteiger partial charge < -0.3 is 14.7 Å². The first kappa shape index (κ1) is 20.2. The zero-order chi connectivity index (χ0) is 18.4. The molecule has 146 valence electrons. The van der Waals surface area contributed by atoms with Crippen molar-refractivity contribution in [3.8, 4) is 5.75 Å². The second-order valence-electron chi connectivity index (χ2n) is 8.38. The van der Waals surface area contributed by atoms with E-state index in [0.29, 0.717) is 12.0 Å². The molecule has 0 aromatic heterocycles. The Hall–Kier alpha value is -0.580. The van der Waals surface area contributed by atoms with Gasteiger partial charge >= 0.3 is 0 Å². The lowest BCUT2D eigenvalue weighted by molar-refractivity contribution is 0.125. The average molecular weight is 424 g/mol.